The Morgan fingerprint density at radius 2 is 2.15 bits per heavy atom. The fourth-order valence-electron chi connectivity index (χ4n) is 0.845. The van der Waals surface area contributed by atoms with Gasteiger partial charge in [-0.1, -0.05) is 6.42 Å². The molecule has 0 aliphatic carbocycles. The highest BCUT2D eigenvalue weighted by Gasteiger charge is 1.93. The van der Waals surface area contributed by atoms with Crippen molar-refractivity contribution in [2.45, 2.75) is 25.7 Å². The smallest absolute Gasteiger partial charge is 0.207 e. The molecule has 0 aromatic heterocycles. The van der Waals surface area contributed by atoms with E-state index in [1.807, 2.05) is 0 Å². The molecule has 0 saturated heterocycles. The lowest BCUT2D eigenvalue weighted by Crippen LogP contribution is -2.09. The molecule has 0 saturated carbocycles. The van der Waals surface area contributed by atoms with Crippen LogP contribution in [0.1, 0.15) is 25.7 Å². The summed E-state index contributed by atoms with van der Waals surface area (Å²) in [5.74, 6) is 1.68. The van der Waals surface area contributed by atoms with Crippen LogP contribution in [-0.4, -0.2) is 31.6 Å². The fraction of sp³-hybridized carbons (Fsp3) is 0.750. The third kappa shape index (κ3) is 11.6. The lowest BCUT2D eigenvalue weighted by atomic mass is 9.97. The van der Waals surface area contributed by atoms with Gasteiger partial charge in [0.15, 0.2) is 7.85 Å². The van der Waals surface area contributed by atoms with E-state index in [-0.39, 0.29) is 5.68 Å². The van der Waals surface area contributed by atoms with Crippen molar-refractivity contribution in [1.29, 1.82) is 0 Å². The first-order valence-electron chi connectivity index (χ1n) is 4.30. The second-order valence-electron chi connectivity index (χ2n) is 2.65. The number of carbonyl (C=O) groups excluding carboxylic acids is 2. The molecular formula is C8H14BNO2S. The van der Waals surface area contributed by atoms with Crippen molar-refractivity contribution in [3.63, 3.8) is 0 Å². The second-order valence-corrected chi connectivity index (χ2v) is 3.76. The minimum Gasteiger partial charge on any atom is -0.350 e. The third-order valence-corrected chi connectivity index (χ3v) is 2.43. The second kappa shape index (κ2) is 9.64. The average molecular weight is 199 g/mol. The summed E-state index contributed by atoms with van der Waals surface area (Å²) in [7, 11) is 4.98. The van der Waals surface area contributed by atoms with E-state index in [1.165, 1.54) is 0 Å². The Hall–Kier alpha value is -0.445. The van der Waals surface area contributed by atoms with Crippen LogP contribution in [0.2, 0.25) is 0 Å². The molecule has 5 heteroatoms. The first-order chi connectivity index (χ1) is 6.27. The summed E-state index contributed by atoms with van der Waals surface area (Å²) in [6.07, 6.45) is 4.14. The predicted octanol–water partition coefficient (Wildman–Crippen LogP) is 0.679. The maximum absolute atomic E-state index is 10.3. The van der Waals surface area contributed by atoms with Crippen LogP contribution in [0.5, 0.6) is 0 Å². The number of nitrogens with one attached hydrogen (secondary N) is 1. The zero-order valence-electron chi connectivity index (χ0n) is 7.62. The Labute approximate surface area is 84.4 Å². The van der Waals surface area contributed by atoms with Crippen LogP contribution in [0.3, 0.4) is 0 Å². The van der Waals surface area contributed by atoms with Crippen molar-refractivity contribution in [3.05, 3.63) is 0 Å². The molecule has 0 rings (SSSR count). The van der Waals surface area contributed by atoms with Crippen LogP contribution in [0.4, 0.5) is 0 Å². The summed E-state index contributed by atoms with van der Waals surface area (Å²) in [6.45, 7) is 0. The molecule has 72 valence electrons. The van der Waals surface area contributed by atoms with Gasteiger partial charge in [0, 0.05) is 0 Å². The highest BCUT2D eigenvalue weighted by atomic mass is 32.2. The van der Waals surface area contributed by atoms with Crippen LogP contribution in [0.15, 0.2) is 0 Å². The van der Waals surface area contributed by atoms with Crippen molar-refractivity contribution >= 4 is 31.7 Å². The highest BCUT2D eigenvalue weighted by molar-refractivity contribution is 7.99. The molecule has 0 aromatic rings. The van der Waals surface area contributed by atoms with E-state index in [0.717, 1.165) is 25.0 Å². The SMILES string of the molecule is [B]C(=O)CCCCCSCNC=O. The largest absolute Gasteiger partial charge is 0.350 e. The lowest BCUT2D eigenvalue weighted by Gasteiger charge is -1.99. The first kappa shape index (κ1) is 12.6. The Morgan fingerprint density at radius 3 is 2.77 bits per heavy atom. The molecule has 0 aliphatic rings. The van der Waals surface area contributed by atoms with Gasteiger partial charge in [-0.2, -0.15) is 0 Å². The maximum Gasteiger partial charge on any atom is 0.207 e. The Bertz CT molecular complexity index is 155. The summed E-state index contributed by atoms with van der Waals surface area (Å²) in [6, 6.07) is 0. The summed E-state index contributed by atoms with van der Waals surface area (Å²) in [4.78, 5) is 20.2. The van der Waals surface area contributed by atoms with Gasteiger partial charge in [0.05, 0.1) is 11.6 Å². The van der Waals surface area contributed by atoms with Gasteiger partial charge in [0.1, 0.15) is 0 Å². The van der Waals surface area contributed by atoms with E-state index in [1.54, 1.807) is 11.8 Å². The maximum atomic E-state index is 10.3. The topological polar surface area (TPSA) is 46.2 Å². The standard InChI is InChI=1S/C8H14BNO2S/c9-8(12)4-2-1-3-5-13-7-10-6-11/h6H,1-5,7H2,(H,10,11). The normalized spacial score (nSPS) is 9.54. The van der Waals surface area contributed by atoms with E-state index in [0.29, 0.717) is 18.7 Å². The molecule has 1 amide bonds. The summed E-state index contributed by atoms with van der Waals surface area (Å²) < 4.78 is 0. The lowest BCUT2D eigenvalue weighted by molar-refractivity contribution is -0.112. The van der Waals surface area contributed by atoms with Gasteiger partial charge in [-0.3, -0.25) is 4.79 Å². The predicted molar refractivity (Wildman–Crippen MR) is 55.8 cm³/mol. The molecule has 0 aromatic carbocycles. The average Bonchev–Trinajstić information content (AvgIpc) is 2.09. The van der Waals surface area contributed by atoms with Gasteiger partial charge < -0.3 is 10.1 Å². The molecule has 3 nitrogen and oxygen atoms in total. The van der Waals surface area contributed by atoms with Crippen LogP contribution in [0, 0.1) is 0 Å². The quantitative estimate of drug-likeness (QED) is 0.257. The number of hydrogen-bond acceptors (Lipinski definition) is 3. The number of amides is 1. The van der Waals surface area contributed by atoms with E-state index in [9.17, 15) is 9.59 Å². The van der Waals surface area contributed by atoms with Crippen molar-refractivity contribution in [3.8, 4) is 0 Å². The minimum absolute atomic E-state index is 0.227. The molecule has 0 heterocycles. The van der Waals surface area contributed by atoms with Crippen molar-refractivity contribution < 1.29 is 9.59 Å². The third-order valence-electron chi connectivity index (χ3n) is 1.48. The van der Waals surface area contributed by atoms with Gasteiger partial charge >= 0.3 is 0 Å². The van der Waals surface area contributed by atoms with Crippen molar-refractivity contribution in [1.82, 2.24) is 5.32 Å². The number of thioether (sulfide) groups is 1. The zero-order valence-corrected chi connectivity index (χ0v) is 8.44. The van der Waals surface area contributed by atoms with Gasteiger partial charge in [0.25, 0.3) is 0 Å². The Kier molecular flexibility index (Phi) is 9.31. The van der Waals surface area contributed by atoms with Crippen LogP contribution < -0.4 is 5.32 Å². The van der Waals surface area contributed by atoms with E-state index in [2.05, 4.69) is 5.32 Å². The van der Waals surface area contributed by atoms with Crippen molar-refractivity contribution in [2.75, 3.05) is 11.6 Å². The summed E-state index contributed by atoms with van der Waals surface area (Å²) in [5.41, 5.74) is -0.227. The first-order valence-corrected chi connectivity index (χ1v) is 5.46. The van der Waals surface area contributed by atoms with E-state index >= 15 is 0 Å². The van der Waals surface area contributed by atoms with Crippen LogP contribution >= 0.6 is 11.8 Å². The van der Waals surface area contributed by atoms with Crippen LogP contribution in [-0.2, 0) is 9.59 Å². The Balaban J connectivity index is 2.91. The Morgan fingerprint density at radius 1 is 1.38 bits per heavy atom. The minimum atomic E-state index is -0.227. The van der Waals surface area contributed by atoms with Gasteiger partial charge in [-0.25, -0.2) is 0 Å². The van der Waals surface area contributed by atoms with Crippen molar-refractivity contribution in [2.24, 2.45) is 0 Å². The zero-order chi connectivity index (χ0) is 9.94. The highest BCUT2D eigenvalue weighted by Crippen LogP contribution is 2.05. The summed E-state index contributed by atoms with van der Waals surface area (Å²) >= 11 is 1.68. The number of hydrogen-bond donors (Lipinski definition) is 1. The molecule has 0 bridgehead atoms. The summed E-state index contributed by atoms with van der Waals surface area (Å²) in [5, 5.41) is 2.57. The molecule has 0 fully saturated rings. The van der Waals surface area contributed by atoms with E-state index in [4.69, 9.17) is 7.85 Å². The number of unbranched alkanes of at least 4 members (excludes halogenated alkanes) is 2. The van der Waals surface area contributed by atoms with Gasteiger partial charge in [-0.05, 0) is 25.0 Å². The van der Waals surface area contributed by atoms with E-state index < -0.39 is 0 Å². The molecule has 0 aliphatic heterocycles. The number of carbonyl (C=O) groups is 2. The van der Waals surface area contributed by atoms with Gasteiger partial charge in [0.2, 0.25) is 6.41 Å². The van der Waals surface area contributed by atoms with Crippen LogP contribution in [0.25, 0.3) is 0 Å². The molecule has 1 N–H and O–H groups in total. The molecular weight excluding hydrogens is 185 g/mol. The fourth-order valence-corrected chi connectivity index (χ4v) is 1.58. The van der Waals surface area contributed by atoms with Gasteiger partial charge in [-0.15, -0.1) is 11.8 Å². The molecule has 2 radical (unpaired) electrons. The molecule has 0 unspecified atom stereocenters. The monoisotopic (exact) mass is 199 g/mol. The molecule has 0 spiro atoms. The molecule has 0 atom stereocenters. The molecule has 13 heavy (non-hydrogen) atoms. The number of rotatable bonds is 9.